The fraction of sp³-hybridized carbons (Fsp3) is 0.400. The number of benzene rings is 1. The summed E-state index contributed by atoms with van der Waals surface area (Å²) in [5.74, 6) is 2.18. The SMILES string of the molecule is CC(=O)Cc1nnc(CCSCCc2nnc(CC(=O)Cc3ccccc3)s2)s1. The lowest BCUT2D eigenvalue weighted by atomic mass is 10.1. The van der Waals surface area contributed by atoms with Gasteiger partial charge in [0, 0.05) is 19.3 Å². The maximum Gasteiger partial charge on any atom is 0.144 e. The van der Waals surface area contributed by atoms with Crippen molar-refractivity contribution < 1.29 is 9.59 Å². The third-order valence-electron chi connectivity index (χ3n) is 3.93. The van der Waals surface area contributed by atoms with E-state index in [0.717, 1.165) is 49.9 Å². The van der Waals surface area contributed by atoms with Gasteiger partial charge in [0.05, 0.1) is 12.8 Å². The molecule has 3 aromatic rings. The number of rotatable bonds is 12. The third-order valence-corrected chi connectivity index (χ3v) is 6.88. The molecule has 0 spiro atoms. The Kier molecular flexibility index (Phi) is 8.45. The first-order chi connectivity index (χ1) is 14.1. The Hall–Kier alpha value is -1.97. The Morgan fingerprint density at radius 3 is 1.93 bits per heavy atom. The van der Waals surface area contributed by atoms with Crippen molar-refractivity contribution in [2.75, 3.05) is 11.5 Å². The molecule has 0 aliphatic carbocycles. The second-order valence-corrected chi connectivity index (χ2v) is 10.1. The molecule has 0 unspecified atom stereocenters. The largest absolute Gasteiger partial charge is 0.300 e. The Labute approximate surface area is 182 Å². The highest BCUT2D eigenvalue weighted by Crippen LogP contribution is 2.17. The molecule has 0 fully saturated rings. The predicted molar refractivity (Wildman–Crippen MR) is 118 cm³/mol. The van der Waals surface area contributed by atoms with Gasteiger partial charge in [-0.1, -0.05) is 30.3 Å². The summed E-state index contributed by atoms with van der Waals surface area (Å²) >= 11 is 4.88. The molecule has 6 nitrogen and oxygen atoms in total. The first-order valence-electron chi connectivity index (χ1n) is 9.34. The summed E-state index contributed by atoms with van der Waals surface area (Å²) < 4.78 is 0. The zero-order chi connectivity index (χ0) is 20.5. The van der Waals surface area contributed by atoms with Gasteiger partial charge >= 0.3 is 0 Å². The molecule has 0 radical (unpaired) electrons. The van der Waals surface area contributed by atoms with Gasteiger partial charge in [0.25, 0.3) is 0 Å². The molecule has 0 aliphatic heterocycles. The minimum absolute atomic E-state index is 0.111. The van der Waals surface area contributed by atoms with Gasteiger partial charge in [-0.15, -0.1) is 43.1 Å². The standard InChI is InChI=1S/C20H22N4O2S3/c1-14(25)11-19-23-21-17(28-19)7-9-27-10-8-18-22-24-20(29-18)13-16(26)12-15-5-3-2-4-6-15/h2-6H,7-13H2,1H3. The smallest absolute Gasteiger partial charge is 0.144 e. The Balaban J connectivity index is 1.33. The summed E-state index contributed by atoms with van der Waals surface area (Å²) in [5, 5.41) is 20.1. The lowest BCUT2D eigenvalue weighted by molar-refractivity contribution is -0.118. The van der Waals surface area contributed by atoms with Crippen LogP contribution in [0.5, 0.6) is 0 Å². The number of ketones is 2. The topological polar surface area (TPSA) is 85.7 Å². The molecular formula is C20H22N4O2S3. The number of hydrogen-bond donors (Lipinski definition) is 0. The first-order valence-corrected chi connectivity index (χ1v) is 12.1. The van der Waals surface area contributed by atoms with Crippen LogP contribution in [0, 0.1) is 0 Å². The van der Waals surface area contributed by atoms with Crippen molar-refractivity contribution >= 4 is 46.0 Å². The molecule has 1 aromatic carbocycles. The third kappa shape index (κ3) is 7.75. The predicted octanol–water partition coefficient (Wildman–Crippen LogP) is 3.39. The number of carbonyl (C=O) groups is 2. The molecule has 0 atom stereocenters. The van der Waals surface area contributed by atoms with Crippen molar-refractivity contribution in [1.82, 2.24) is 20.4 Å². The van der Waals surface area contributed by atoms with Gasteiger partial charge in [-0.2, -0.15) is 11.8 Å². The number of Topliss-reactive ketones (excluding diaryl/α,β-unsaturated/α-hetero) is 2. The molecular weight excluding hydrogens is 424 g/mol. The number of aryl methyl sites for hydroxylation is 2. The second-order valence-electron chi connectivity index (χ2n) is 6.55. The number of thioether (sulfide) groups is 1. The monoisotopic (exact) mass is 446 g/mol. The molecule has 152 valence electrons. The molecule has 0 aliphatic rings. The summed E-state index contributed by atoms with van der Waals surface area (Å²) in [6.45, 7) is 1.56. The van der Waals surface area contributed by atoms with Crippen LogP contribution in [0.3, 0.4) is 0 Å². The van der Waals surface area contributed by atoms with E-state index in [2.05, 4.69) is 20.4 Å². The van der Waals surface area contributed by atoms with E-state index < -0.39 is 0 Å². The maximum absolute atomic E-state index is 12.2. The van der Waals surface area contributed by atoms with E-state index in [-0.39, 0.29) is 11.6 Å². The van der Waals surface area contributed by atoms with E-state index in [1.54, 1.807) is 6.92 Å². The summed E-state index contributed by atoms with van der Waals surface area (Å²) in [7, 11) is 0. The van der Waals surface area contributed by atoms with E-state index >= 15 is 0 Å². The number of carbonyl (C=O) groups excluding carboxylic acids is 2. The molecule has 2 heterocycles. The van der Waals surface area contributed by atoms with Gasteiger partial charge in [0.1, 0.15) is 31.6 Å². The van der Waals surface area contributed by atoms with E-state index in [1.165, 1.54) is 22.7 Å². The highest BCUT2D eigenvalue weighted by molar-refractivity contribution is 7.99. The van der Waals surface area contributed by atoms with Gasteiger partial charge in [-0.3, -0.25) is 9.59 Å². The highest BCUT2D eigenvalue weighted by atomic mass is 32.2. The van der Waals surface area contributed by atoms with Crippen LogP contribution in [-0.4, -0.2) is 43.5 Å². The van der Waals surface area contributed by atoms with Crippen molar-refractivity contribution in [3.05, 3.63) is 55.9 Å². The summed E-state index contributed by atoms with van der Waals surface area (Å²) in [4.78, 5) is 23.3. The average molecular weight is 447 g/mol. The van der Waals surface area contributed by atoms with E-state index in [0.29, 0.717) is 19.3 Å². The van der Waals surface area contributed by atoms with Crippen molar-refractivity contribution in [2.45, 2.75) is 39.0 Å². The zero-order valence-electron chi connectivity index (χ0n) is 16.2. The highest BCUT2D eigenvalue weighted by Gasteiger charge is 2.11. The quantitative estimate of drug-likeness (QED) is 0.394. The van der Waals surface area contributed by atoms with Crippen LogP contribution in [0.1, 0.15) is 32.5 Å². The fourth-order valence-corrected chi connectivity index (χ4v) is 5.54. The van der Waals surface area contributed by atoms with Crippen LogP contribution in [-0.2, 0) is 41.7 Å². The molecule has 0 saturated carbocycles. The number of nitrogens with zero attached hydrogens (tertiary/aromatic N) is 4. The molecule has 3 rings (SSSR count). The summed E-state index contributed by atoms with van der Waals surface area (Å²) in [6, 6.07) is 9.76. The van der Waals surface area contributed by atoms with E-state index in [9.17, 15) is 9.59 Å². The molecule has 29 heavy (non-hydrogen) atoms. The number of hydrogen-bond acceptors (Lipinski definition) is 9. The molecule has 0 amide bonds. The van der Waals surface area contributed by atoms with Gasteiger partial charge in [0.2, 0.25) is 0 Å². The Bertz CT molecular complexity index is 940. The van der Waals surface area contributed by atoms with Crippen LogP contribution in [0.15, 0.2) is 30.3 Å². The van der Waals surface area contributed by atoms with Crippen LogP contribution in [0.4, 0.5) is 0 Å². The second kappa shape index (κ2) is 11.3. The van der Waals surface area contributed by atoms with E-state index in [1.807, 2.05) is 42.1 Å². The Morgan fingerprint density at radius 1 is 0.793 bits per heavy atom. The van der Waals surface area contributed by atoms with Crippen molar-refractivity contribution in [3.63, 3.8) is 0 Å². The van der Waals surface area contributed by atoms with E-state index in [4.69, 9.17) is 0 Å². The van der Waals surface area contributed by atoms with Crippen molar-refractivity contribution in [2.24, 2.45) is 0 Å². The summed E-state index contributed by atoms with van der Waals surface area (Å²) in [6.07, 6.45) is 2.86. The minimum Gasteiger partial charge on any atom is -0.300 e. The Morgan fingerprint density at radius 2 is 1.34 bits per heavy atom. The van der Waals surface area contributed by atoms with Crippen molar-refractivity contribution in [3.8, 4) is 0 Å². The van der Waals surface area contributed by atoms with Crippen molar-refractivity contribution in [1.29, 1.82) is 0 Å². The van der Waals surface area contributed by atoms with Crippen LogP contribution < -0.4 is 0 Å². The van der Waals surface area contributed by atoms with Crippen LogP contribution in [0.2, 0.25) is 0 Å². The maximum atomic E-state index is 12.2. The fourth-order valence-electron chi connectivity index (χ4n) is 2.61. The van der Waals surface area contributed by atoms with Gasteiger partial charge in [-0.05, 0) is 24.0 Å². The first kappa shape index (κ1) is 21.7. The molecule has 0 N–H and O–H groups in total. The molecule has 9 heteroatoms. The lowest BCUT2D eigenvalue weighted by Gasteiger charge is -1.98. The molecule has 2 aromatic heterocycles. The average Bonchev–Trinajstić information content (AvgIpc) is 3.31. The van der Waals surface area contributed by atoms with Gasteiger partial charge in [0.15, 0.2) is 0 Å². The normalized spacial score (nSPS) is 10.9. The zero-order valence-corrected chi connectivity index (χ0v) is 18.6. The van der Waals surface area contributed by atoms with Gasteiger partial charge < -0.3 is 0 Å². The van der Waals surface area contributed by atoms with Crippen LogP contribution >= 0.6 is 34.4 Å². The minimum atomic E-state index is 0.111. The number of aromatic nitrogens is 4. The summed E-state index contributed by atoms with van der Waals surface area (Å²) in [5.41, 5.74) is 1.03. The molecule has 0 bridgehead atoms. The lowest BCUT2D eigenvalue weighted by Crippen LogP contribution is -2.06. The van der Waals surface area contributed by atoms with Crippen LogP contribution in [0.25, 0.3) is 0 Å². The van der Waals surface area contributed by atoms with Gasteiger partial charge in [-0.25, -0.2) is 0 Å². The molecule has 0 saturated heterocycles.